The Kier molecular flexibility index (Phi) is 5.62. The Morgan fingerprint density at radius 3 is 2.52 bits per heavy atom. The number of nitrogens with zero attached hydrogens (tertiary/aromatic N) is 3. The summed E-state index contributed by atoms with van der Waals surface area (Å²) in [6.07, 6.45) is 6.07. The molecule has 7 atom stereocenters. The van der Waals surface area contributed by atoms with E-state index < -0.39 is 0 Å². The largest absolute Gasteiger partial charge is 0.297 e. The zero-order chi connectivity index (χ0) is 19.1. The van der Waals surface area contributed by atoms with Gasteiger partial charge in [0.15, 0.2) is 0 Å². The molecule has 3 heterocycles. The lowest BCUT2D eigenvalue weighted by Gasteiger charge is -2.45. The molecule has 3 aliphatic heterocycles. The minimum atomic E-state index is 0.461. The zero-order valence-corrected chi connectivity index (χ0v) is 17.8. The van der Waals surface area contributed by atoms with E-state index in [1.165, 1.54) is 37.8 Å². The van der Waals surface area contributed by atoms with Crippen molar-refractivity contribution in [1.82, 2.24) is 20.2 Å². The highest BCUT2D eigenvalue weighted by atomic mass is 15.7. The second-order valence-electron chi connectivity index (χ2n) is 9.39. The fraction of sp³-hybridized carbons (Fsp3) is 0.739. The fourth-order valence-electron chi connectivity index (χ4n) is 6.32. The third kappa shape index (κ3) is 3.57. The molecule has 27 heavy (non-hydrogen) atoms. The summed E-state index contributed by atoms with van der Waals surface area (Å²) >= 11 is 0. The van der Waals surface area contributed by atoms with Crippen LogP contribution in [0.25, 0.3) is 0 Å². The minimum absolute atomic E-state index is 0.461. The van der Waals surface area contributed by atoms with Gasteiger partial charge in [0.1, 0.15) is 0 Å². The molecule has 0 aliphatic carbocycles. The Bertz CT molecular complexity index is 620. The van der Waals surface area contributed by atoms with Crippen LogP contribution in [0.2, 0.25) is 0 Å². The highest BCUT2D eigenvalue weighted by Crippen LogP contribution is 2.42. The number of rotatable bonds is 4. The first kappa shape index (κ1) is 19.4. The molecule has 150 valence electrons. The third-order valence-electron chi connectivity index (χ3n) is 7.61. The van der Waals surface area contributed by atoms with Gasteiger partial charge < -0.3 is 0 Å². The first-order valence-corrected chi connectivity index (χ1v) is 11.0. The fourth-order valence-corrected chi connectivity index (χ4v) is 6.32. The number of hydrogen-bond donors (Lipinski definition) is 1. The predicted molar refractivity (Wildman–Crippen MR) is 112 cm³/mol. The van der Waals surface area contributed by atoms with E-state index in [4.69, 9.17) is 0 Å². The van der Waals surface area contributed by atoms with Crippen LogP contribution in [-0.2, 0) is 6.42 Å². The maximum absolute atomic E-state index is 3.79. The lowest BCUT2D eigenvalue weighted by atomic mass is 9.88. The third-order valence-corrected chi connectivity index (χ3v) is 7.61. The van der Waals surface area contributed by atoms with Crippen LogP contribution in [0, 0.1) is 11.8 Å². The molecule has 3 fully saturated rings. The molecule has 2 bridgehead atoms. The summed E-state index contributed by atoms with van der Waals surface area (Å²) in [5, 5.41) is 2.32. The Morgan fingerprint density at radius 1 is 1.04 bits per heavy atom. The van der Waals surface area contributed by atoms with Crippen LogP contribution in [0.5, 0.6) is 0 Å². The highest BCUT2D eigenvalue weighted by molar-refractivity contribution is 5.14. The molecule has 0 spiro atoms. The first-order chi connectivity index (χ1) is 13.0. The van der Waals surface area contributed by atoms with Gasteiger partial charge in [-0.2, -0.15) is 0 Å². The van der Waals surface area contributed by atoms with Gasteiger partial charge in [0.25, 0.3) is 0 Å². The van der Waals surface area contributed by atoms with Gasteiger partial charge >= 0.3 is 0 Å². The Balaban J connectivity index is 1.50. The first-order valence-electron chi connectivity index (χ1n) is 11.0. The van der Waals surface area contributed by atoms with E-state index in [2.05, 4.69) is 85.3 Å². The van der Waals surface area contributed by atoms with Crippen LogP contribution < -0.4 is 5.43 Å². The van der Waals surface area contributed by atoms with Gasteiger partial charge in [0.05, 0.1) is 12.3 Å². The average Bonchev–Trinajstić information content (AvgIpc) is 3.12. The maximum atomic E-state index is 3.79. The van der Waals surface area contributed by atoms with Crippen molar-refractivity contribution in [3.8, 4) is 0 Å². The van der Waals surface area contributed by atoms with Crippen LogP contribution >= 0.6 is 0 Å². The smallest absolute Gasteiger partial charge is 0.0787 e. The van der Waals surface area contributed by atoms with Crippen molar-refractivity contribution in [2.75, 3.05) is 13.6 Å². The number of hydrogen-bond acceptors (Lipinski definition) is 4. The summed E-state index contributed by atoms with van der Waals surface area (Å²) in [5.74, 6) is 1.42. The number of fused-ring (bicyclic) bond motifs is 3. The van der Waals surface area contributed by atoms with E-state index in [9.17, 15) is 0 Å². The van der Waals surface area contributed by atoms with Gasteiger partial charge in [-0.05, 0) is 57.6 Å². The van der Waals surface area contributed by atoms with Gasteiger partial charge in [-0.1, -0.05) is 44.2 Å². The molecular formula is C23H38N4. The van der Waals surface area contributed by atoms with Crippen LogP contribution in [0.3, 0.4) is 0 Å². The molecule has 3 aliphatic rings. The molecule has 0 saturated carbocycles. The van der Waals surface area contributed by atoms with Crippen LogP contribution in [0.1, 0.15) is 52.5 Å². The molecular weight excluding hydrogens is 332 g/mol. The van der Waals surface area contributed by atoms with Crippen molar-refractivity contribution in [1.29, 1.82) is 0 Å². The van der Waals surface area contributed by atoms with Crippen molar-refractivity contribution in [3.05, 3.63) is 35.9 Å². The summed E-state index contributed by atoms with van der Waals surface area (Å²) in [6.45, 7) is 11.0. The number of nitrogens with one attached hydrogen (secondary N) is 1. The van der Waals surface area contributed by atoms with Crippen molar-refractivity contribution in [3.63, 3.8) is 0 Å². The van der Waals surface area contributed by atoms with Crippen molar-refractivity contribution >= 4 is 0 Å². The van der Waals surface area contributed by atoms with E-state index >= 15 is 0 Å². The van der Waals surface area contributed by atoms with Crippen molar-refractivity contribution in [2.45, 2.75) is 83.8 Å². The highest BCUT2D eigenvalue weighted by Gasteiger charge is 2.51. The normalized spacial score (nSPS) is 40.7. The topological polar surface area (TPSA) is 21.8 Å². The summed E-state index contributed by atoms with van der Waals surface area (Å²) in [6, 6.07) is 13.1. The second-order valence-corrected chi connectivity index (χ2v) is 9.39. The van der Waals surface area contributed by atoms with E-state index in [1.54, 1.807) is 0 Å². The summed E-state index contributed by atoms with van der Waals surface area (Å²) < 4.78 is 0. The Hall–Kier alpha value is -0.940. The zero-order valence-electron chi connectivity index (χ0n) is 17.8. The predicted octanol–water partition coefficient (Wildman–Crippen LogP) is 3.55. The van der Waals surface area contributed by atoms with Crippen molar-refractivity contribution < 1.29 is 0 Å². The molecule has 1 aromatic rings. The molecule has 3 saturated heterocycles. The monoisotopic (exact) mass is 370 g/mol. The van der Waals surface area contributed by atoms with E-state index in [-0.39, 0.29) is 0 Å². The lowest BCUT2D eigenvalue weighted by Crippen LogP contribution is -2.57. The van der Waals surface area contributed by atoms with Crippen LogP contribution in [0.15, 0.2) is 30.3 Å². The van der Waals surface area contributed by atoms with E-state index in [0.717, 1.165) is 12.0 Å². The molecule has 4 rings (SSSR count). The van der Waals surface area contributed by atoms with Gasteiger partial charge in [0.2, 0.25) is 0 Å². The SMILES string of the molecule is CC1CC2CC(C)N3C(NN(C)C3C)C(C)C1N2CCCc1ccccc1. The standard InChI is InChI=1S/C23H38N4/c1-16-14-21-15-17(2)27-19(4)25(5)24-23(27)18(3)22(16)26(21)13-9-12-20-10-7-6-8-11-20/h6-8,10-11,16-19,21-24H,9,12-15H2,1-5H3. The molecule has 0 aromatic heterocycles. The maximum Gasteiger partial charge on any atom is 0.0787 e. The van der Waals surface area contributed by atoms with E-state index in [1.807, 2.05) is 0 Å². The van der Waals surface area contributed by atoms with Crippen molar-refractivity contribution in [2.24, 2.45) is 11.8 Å². The summed E-state index contributed by atoms with van der Waals surface area (Å²) in [5.41, 5.74) is 5.27. The van der Waals surface area contributed by atoms with Gasteiger partial charge in [-0.3, -0.25) is 9.80 Å². The minimum Gasteiger partial charge on any atom is -0.297 e. The molecule has 7 unspecified atom stereocenters. The summed E-state index contributed by atoms with van der Waals surface area (Å²) in [7, 11) is 2.20. The molecule has 0 amide bonds. The molecule has 4 heteroatoms. The lowest BCUT2D eigenvalue weighted by molar-refractivity contribution is 0.00742. The number of aryl methyl sites for hydroxylation is 1. The van der Waals surface area contributed by atoms with Crippen LogP contribution in [-0.4, -0.2) is 58.9 Å². The molecule has 4 nitrogen and oxygen atoms in total. The molecule has 1 N–H and O–H groups in total. The molecule has 1 aromatic carbocycles. The average molecular weight is 371 g/mol. The molecule has 0 radical (unpaired) electrons. The summed E-state index contributed by atoms with van der Waals surface area (Å²) in [4.78, 5) is 5.64. The quantitative estimate of drug-likeness (QED) is 0.875. The Morgan fingerprint density at radius 2 is 1.78 bits per heavy atom. The number of hydrazine groups is 1. The van der Waals surface area contributed by atoms with Gasteiger partial charge in [-0.15, -0.1) is 0 Å². The number of benzene rings is 1. The Labute approximate surface area is 165 Å². The van der Waals surface area contributed by atoms with Crippen LogP contribution in [0.4, 0.5) is 0 Å². The second kappa shape index (κ2) is 7.82. The van der Waals surface area contributed by atoms with Gasteiger partial charge in [0, 0.05) is 31.1 Å². The van der Waals surface area contributed by atoms with E-state index in [0.29, 0.717) is 30.3 Å². The van der Waals surface area contributed by atoms with Gasteiger partial charge in [-0.25, -0.2) is 10.4 Å².